The third kappa shape index (κ3) is 6.86. The molecule has 2 saturated heterocycles. The first-order valence-corrected chi connectivity index (χ1v) is 16.9. The predicted octanol–water partition coefficient (Wildman–Crippen LogP) is 2.01. The number of nitrogens with zero attached hydrogens (tertiary/aromatic N) is 4. The van der Waals surface area contributed by atoms with E-state index in [1.165, 1.54) is 9.80 Å². The summed E-state index contributed by atoms with van der Waals surface area (Å²) < 4.78 is 34.3. The number of primary amides is 1. The Morgan fingerprint density at radius 1 is 1.04 bits per heavy atom. The van der Waals surface area contributed by atoms with Crippen LogP contribution in [0, 0.1) is 16.0 Å². The number of ether oxygens (including phenoxy) is 1. The van der Waals surface area contributed by atoms with Crippen molar-refractivity contribution >= 4 is 39.4 Å². The largest absolute Gasteiger partial charge is 0.458 e. The molecule has 2 aromatic carbocycles. The molecule has 0 aromatic heterocycles. The highest BCUT2D eigenvalue weighted by Crippen LogP contribution is 2.48. The number of esters is 1. The summed E-state index contributed by atoms with van der Waals surface area (Å²) in [6, 6.07) is 11.4. The number of amides is 3. The standard InChI is InChI=1S/C32H39N5O9S/c1-31(2,3)46-29(40)27-22(20-26(33)38)13-16-35(27)28(39)25(19-21-7-5-4-6-8-21)34-17-18-36(32(14-15-32)30(34)41)47(44,45)24-11-9-23(10-12-24)37(42)43/h4-12,22,25,27H,13-20H2,1-3H3,(H2,33,38)/t22-,25+,27+/m1/s1. The molecule has 3 fully saturated rings. The van der Waals surface area contributed by atoms with Gasteiger partial charge in [0, 0.05) is 50.5 Å². The lowest BCUT2D eigenvalue weighted by Crippen LogP contribution is -2.65. The molecule has 0 unspecified atom stereocenters. The third-order valence-electron chi connectivity index (χ3n) is 8.89. The lowest BCUT2D eigenvalue weighted by atomic mass is 9.95. The summed E-state index contributed by atoms with van der Waals surface area (Å²) in [6.45, 7) is 5.02. The lowest BCUT2D eigenvalue weighted by molar-refractivity contribution is -0.384. The van der Waals surface area contributed by atoms with Crippen LogP contribution >= 0.6 is 0 Å². The fourth-order valence-corrected chi connectivity index (χ4v) is 8.38. The maximum Gasteiger partial charge on any atom is 0.329 e. The fourth-order valence-electron chi connectivity index (χ4n) is 6.60. The fraction of sp³-hybridized carbons (Fsp3) is 0.500. The number of sulfonamides is 1. The second-order valence-electron chi connectivity index (χ2n) is 13.3. The van der Waals surface area contributed by atoms with E-state index in [1.54, 1.807) is 32.9 Å². The molecule has 2 N–H and O–H groups in total. The van der Waals surface area contributed by atoms with Crippen LogP contribution in [0.1, 0.15) is 52.0 Å². The minimum Gasteiger partial charge on any atom is -0.458 e. The average Bonchev–Trinajstić information content (AvgIpc) is 3.67. The van der Waals surface area contributed by atoms with Gasteiger partial charge < -0.3 is 20.3 Å². The van der Waals surface area contributed by atoms with E-state index in [-0.39, 0.29) is 55.9 Å². The lowest BCUT2D eigenvalue weighted by Gasteiger charge is -2.44. The van der Waals surface area contributed by atoms with Gasteiger partial charge in [0.05, 0.1) is 9.82 Å². The van der Waals surface area contributed by atoms with Gasteiger partial charge in [-0.25, -0.2) is 13.2 Å². The number of rotatable bonds is 10. The molecule has 14 nitrogen and oxygen atoms in total. The Morgan fingerprint density at radius 3 is 2.23 bits per heavy atom. The number of benzene rings is 2. The second kappa shape index (κ2) is 12.7. The number of nitro groups is 1. The zero-order valence-electron chi connectivity index (χ0n) is 26.5. The van der Waals surface area contributed by atoms with E-state index >= 15 is 0 Å². The van der Waals surface area contributed by atoms with Crippen LogP contribution in [0.15, 0.2) is 59.5 Å². The third-order valence-corrected chi connectivity index (χ3v) is 10.9. The first-order chi connectivity index (χ1) is 22.0. The summed E-state index contributed by atoms with van der Waals surface area (Å²) >= 11 is 0. The average molecular weight is 670 g/mol. The molecule has 3 amide bonds. The highest BCUT2D eigenvalue weighted by Gasteiger charge is 2.63. The van der Waals surface area contributed by atoms with E-state index in [4.69, 9.17) is 10.5 Å². The number of nitro benzene ring substituents is 1. The molecule has 5 rings (SSSR count). The molecule has 1 spiro atoms. The molecular weight excluding hydrogens is 630 g/mol. The van der Waals surface area contributed by atoms with Crippen molar-refractivity contribution in [1.29, 1.82) is 0 Å². The minimum atomic E-state index is -4.22. The topological polar surface area (TPSA) is 191 Å². The quantitative estimate of drug-likeness (QED) is 0.224. The molecule has 47 heavy (non-hydrogen) atoms. The van der Waals surface area contributed by atoms with Gasteiger partial charge in [-0.1, -0.05) is 30.3 Å². The number of piperazine rings is 1. The van der Waals surface area contributed by atoms with Gasteiger partial charge in [0.15, 0.2) is 0 Å². The first kappa shape index (κ1) is 34.0. The van der Waals surface area contributed by atoms with E-state index in [0.717, 1.165) is 34.1 Å². The van der Waals surface area contributed by atoms with Gasteiger partial charge in [-0.3, -0.25) is 24.5 Å². The molecule has 3 aliphatic rings. The maximum atomic E-state index is 14.5. The zero-order chi connectivity index (χ0) is 34.3. The van der Waals surface area contributed by atoms with Crippen molar-refractivity contribution in [1.82, 2.24) is 14.1 Å². The van der Waals surface area contributed by atoms with Crippen molar-refractivity contribution in [2.24, 2.45) is 11.7 Å². The second-order valence-corrected chi connectivity index (χ2v) is 15.2. The Bertz CT molecular complexity index is 1670. The number of likely N-dealkylation sites (tertiary alicyclic amines) is 1. The van der Waals surface area contributed by atoms with Crippen molar-refractivity contribution in [2.45, 2.75) is 81.0 Å². The number of hydrogen-bond acceptors (Lipinski definition) is 9. The van der Waals surface area contributed by atoms with Gasteiger partial charge in [0.25, 0.3) is 5.69 Å². The number of nitrogens with two attached hydrogens (primary N) is 1. The molecule has 0 radical (unpaired) electrons. The molecule has 2 aliphatic heterocycles. The summed E-state index contributed by atoms with van der Waals surface area (Å²) in [4.78, 5) is 67.4. The molecule has 2 heterocycles. The van der Waals surface area contributed by atoms with Crippen molar-refractivity contribution in [3.63, 3.8) is 0 Å². The van der Waals surface area contributed by atoms with Gasteiger partial charge in [0.1, 0.15) is 23.2 Å². The molecule has 3 atom stereocenters. The van der Waals surface area contributed by atoms with Crippen LogP contribution in [0.2, 0.25) is 0 Å². The number of carbonyl (C=O) groups excluding carboxylic acids is 4. The van der Waals surface area contributed by atoms with Crippen LogP contribution in [-0.2, 0) is 40.4 Å². The summed E-state index contributed by atoms with van der Waals surface area (Å²) in [5.74, 6) is -2.89. The summed E-state index contributed by atoms with van der Waals surface area (Å²) in [7, 11) is -4.22. The smallest absolute Gasteiger partial charge is 0.329 e. The maximum absolute atomic E-state index is 14.5. The Morgan fingerprint density at radius 2 is 1.68 bits per heavy atom. The number of carbonyl (C=O) groups is 4. The zero-order valence-corrected chi connectivity index (χ0v) is 27.4. The monoisotopic (exact) mass is 669 g/mol. The van der Waals surface area contributed by atoms with Gasteiger partial charge >= 0.3 is 5.97 Å². The van der Waals surface area contributed by atoms with Gasteiger partial charge in [0.2, 0.25) is 27.7 Å². The predicted molar refractivity (Wildman–Crippen MR) is 168 cm³/mol. The van der Waals surface area contributed by atoms with Crippen LogP contribution in [0.25, 0.3) is 0 Å². The SMILES string of the molecule is CC(C)(C)OC(=O)[C@@H]1[C@@H](CC(N)=O)CCN1C(=O)[C@H](Cc1ccccc1)N1CCN(S(=O)(=O)c2ccc([N+](=O)[O-])cc2)C2(CC2)C1=O. The van der Waals surface area contributed by atoms with E-state index in [9.17, 15) is 37.7 Å². The molecule has 2 aromatic rings. The van der Waals surface area contributed by atoms with E-state index in [1.807, 2.05) is 18.2 Å². The molecule has 252 valence electrons. The van der Waals surface area contributed by atoms with Crippen LogP contribution in [0.4, 0.5) is 5.69 Å². The van der Waals surface area contributed by atoms with Crippen molar-refractivity contribution < 1.29 is 37.3 Å². The molecular formula is C32H39N5O9S. The summed E-state index contributed by atoms with van der Waals surface area (Å²) in [5, 5.41) is 11.1. The molecule has 1 aliphatic carbocycles. The Kier molecular flexibility index (Phi) is 9.16. The molecule has 0 bridgehead atoms. The number of hydrogen-bond donors (Lipinski definition) is 1. The van der Waals surface area contributed by atoms with E-state index in [0.29, 0.717) is 6.42 Å². The van der Waals surface area contributed by atoms with Crippen molar-refractivity contribution in [3.05, 3.63) is 70.3 Å². The van der Waals surface area contributed by atoms with Gasteiger partial charge in [-0.15, -0.1) is 0 Å². The van der Waals surface area contributed by atoms with Gasteiger partial charge in [-0.2, -0.15) is 4.31 Å². The summed E-state index contributed by atoms with van der Waals surface area (Å²) in [5.41, 5.74) is 3.72. The molecule has 1 saturated carbocycles. The normalized spacial score (nSPS) is 21.8. The Hall–Kier alpha value is -4.37. The van der Waals surface area contributed by atoms with Crippen LogP contribution in [-0.4, -0.2) is 94.0 Å². The highest BCUT2D eigenvalue weighted by atomic mass is 32.2. The van der Waals surface area contributed by atoms with Gasteiger partial charge in [-0.05, 0) is 57.7 Å². The van der Waals surface area contributed by atoms with Crippen molar-refractivity contribution in [3.8, 4) is 0 Å². The van der Waals surface area contributed by atoms with Crippen molar-refractivity contribution in [2.75, 3.05) is 19.6 Å². The summed E-state index contributed by atoms with van der Waals surface area (Å²) in [6.07, 6.45) is 0.792. The highest BCUT2D eigenvalue weighted by molar-refractivity contribution is 7.89. The van der Waals surface area contributed by atoms with Crippen LogP contribution < -0.4 is 5.73 Å². The Labute approximate surface area is 273 Å². The van der Waals surface area contributed by atoms with Crippen LogP contribution in [0.3, 0.4) is 0 Å². The first-order valence-electron chi connectivity index (χ1n) is 15.5. The van der Waals surface area contributed by atoms with Crippen LogP contribution in [0.5, 0.6) is 0 Å². The Balaban J connectivity index is 1.47. The number of non-ortho nitro benzene ring substituents is 1. The van der Waals surface area contributed by atoms with E-state index in [2.05, 4.69) is 0 Å². The minimum absolute atomic E-state index is 0.105. The van der Waals surface area contributed by atoms with E-state index < -0.39 is 67.8 Å². The molecule has 15 heteroatoms.